The Kier molecular flexibility index (Phi) is 5.68. The predicted molar refractivity (Wildman–Crippen MR) is 111 cm³/mol. The van der Waals surface area contributed by atoms with Gasteiger partial charge in [-0.05, 0) is 32.0 Å². The average molecular weight is 393 g/mol. The van der Waals surface area contributed by atoms with E-state index >= 15 is 0 Å². The molecule has 0 aliphatic rings. The van der Waals surface area contributed by atoms with Crippen LogP contribution in [0.5, 0.6) is 11.5 Å². The molecule has 0 saturated carbocycles. The molecule has 0 unspecified atom stereocenters. The second-order valence-corrected chi connectivity index (χ2v) is 6.92. The lowest BCUT2D eigenvalue weighted by molar-refractivity contribution is -0.123. The maximum atomic E-state index is 13.0. The van der Waals surface area contributed by atoms with Crippen molar-refractivity contribution >= 4 is 11.6 Å². The molecule has 0 fully saturated rings. The smallest absolute Gasteiger partial charge is 0.267 e. The third-order valence-corrected chi connectivity index (χ3v) is 4.60. The lowest BCUT2D eigenvalue weighted by Crippen LogP contribution is -2.47. The van der Waals surface area contributed by atoms with Gasteiger partial charge in [-0.25, -0.2) is 4.68 Å². The lowest BCUT2D eigenvalue weighted by Gasteiger charge is -2.25. The van der Waals surface area contributed by atoms with E-state index in [1.807, 2.05) is 30.3 Å². The molecule has 29 heavy (non-hydrogen) atoms. The highest BCUT2D eigenvalue weighted by atomic mass is 16.5. The second-order valence-electron chi connectivity index (χ2n) is 6.92. The van der Waals surface area contributed by atoms with Crippen LogP contribution in [0.3, 0.4) is 0 Å². The first kappa shape index (κ1) is 20.1. The van der Waals surface area contributed by atoms with Gasteiger partial charge >= 0.3 is 0 Å². The highest BCUT2D eigenvalue weighted by Crippen LogP contribution is 2.30. The zero-order valence-corrected chi connectivity index (χ0v) is 16.8. The Morgan fingerprint density at radius 3 is 2.31 bits per heavy atom. The van der Waals surface area contributed by atoms with Gasteiger partial charge in [0.1, 0.15) is 5.54 Å². The summed E-state index contributed by atoms with van der Waals surface area (Å²) in [5.41, 5.74) is 0.398. The molecule has 1 amide bonds. The molecule has 0 atom stereocenters. The number of aromatic nitrogens is 2. The van der Waals surface area contributed by atoms with Crippen LogP contribution in [0.4, 0.5) is 5.69 Å². The summed E-state index contributed by atoms with van der Waals surface area (Å²) >= 11 is 0. The van der Waals surface area contributed by atoms with Crippen LogP contribution in [0, 0.1) is 0 Å². The fourth-order valence-electron chi connectivity index (χ4n) is 2.87. The first-order valence-electron chi connectivity index (χ1n) is 9.06. The molecule has 0 aliphatic heterocycles. The molecule has 0 bridgehead atoms. The van der Waals surface area contributed by atoms with E-state index in [-0.39, 0.29) is 11.5 Å². The molecule has 150 valence electrons. The normalized spacial score (nSPS) is 11.0. The molecule has 0 spiro atoms. The van der Waals surface area contributed by atoms with Gasteiger partial charge in [-0.15, -0.1) is 0 Å². The largest absolute Gasteiger partial charge is 0.493 e. The molecule has 0 saturated heterocycles. The molecular weight excluding hydrogens is 370 g/mol. The van der Waals surface area contributed by atoms with Gasteiger partial charge in [0, 0.05) is 23.4 Å². The average Bonchev–Trinajstić information content (AvgIpc) is 2.74. The maximum absolute atomic E-state index is 13.0. The van der Waals surface area contributed by atoms with Crippen molar-refractivity contribution in [2.75, 3.05) is 19.5 Å². The Bertz CT molecular complexity index is 1070. The summed E-state index contributed by atoms with van der Waals surface area (Å²) in [5.74, 6) is 0.659. The van der Waals surface area contributed by atoms with Crippen molar-refractivity contribution in [3.05, 3.63) is 71.0 Å². The number of nitrogens with zero attached hydrogens (tertiary/aromatic N) is 2. The highest BCUT2D eigenvalue weighted by molar-refractivity contribution is 5.96. The molecule has 7 nitrogen and oxygen atoms in total. The topological polar surface area (TPSA) is 82.5 Å². The van der Waals surface area contributed by atoms with Crippen LogP contribution >= 0.6 is 0 Å². The number of carbonyl (C=O) groups excluding carboxylic acids is 1. The van der Waals surface area contributed by atoms with Gasteiger partial charge in [0.15, 0.2) is 11.5 Å². The molecule has 3 rings (SSSR count). The summed E-state index contributed by atoms with van der Waals surface area (Å²) in [7, 11) is 3.06. The first-order valence-corrected chi connectivity index (χ1v) is 9.06. The fraction of sp³-hybridized carbons (Fsp3) is 0.227. The number of anilines is 1. The number of nitrogens with one attached hydrogen (secondary N) is 1. The van der Waals surface area contributed by atoms with Gasteiger partial charge in [0.05, 0.1) is 19.9 Å². The Morgan fingerprint density at radius 1 is 0.966 bits per heavy atom. The van der Waals surface area contributed by atoms with E-state index in [2.05, 4.69) is 10.4 Å². The van der Waals surface area contributed by atoms with Crippen LogP contribution in [-0.4, -0.2) is 29.9 Å². The Balaban J connectivity index is 1.92. The number of rotatable bonds is 6. The summed E-state index contributed by atoms with van der Waals surface area (Å²) in [6.07, 6.45) is 0. The number of carbonyl (C=O) groups is 1. The van der Waals surface area contributed by atoms with Crippen LogP contribution in [0.25, 0.3) is 11.3 Å². The van der Waals surface area contributed by atoms with E-state index in [0.29, 0.717) is 22.9 Å². The summed E-state index contributed by atoms with van der Waals surface area (Å²) in [6, 6.07) is 17.6. The Labute approximate surface area is 168 Å². The van der Waals surface area contributed by atoms with Crippen molar-refractivity contribution in [3.8, 4) is 22.8 Å². The lowest BCUT2D eigenvalue weighted by atomic mass is 10.0. The molecule has 1 N–H and O–H groups in total. The molecule has 2 aromatic carbocycles. The Morgan fingerprint density at radius 2 is 1.66 bits per heavy atom. The zero-order chi connectivity index (χ0) is 21.0. The second kappa shape index (κ2) is 8.18. The minimum absolute atomic E-state index is 0.364. The summed E-state index contributed by atoms with van der Waals surface area (Å²) in [5, 5.41) is 7.26. The molecule has 0 radical (unpaired) electrons. The van der Waals surface area contributed by atoms with Crippen LogP contribution in [-0.2, 0) is 10.3 Å². The van der Waals surface area contributed by atoms with Crippen LogP contribution in [0.1, 0.15) is 13.8 Å². The number of amides is 1. The number of benzene rings is 2. The zero-order valence-electron chi connectivity index (χ0n) is 16.8. The van der Waals surface area contributed by atoms with Gasteiger partial charge in [0.25, 0.3) is 11.5 Å². The molecule has 0 aliphatic carbocycles. The van der Waals surface area contributed by atoms with Crippen molar-refractivity contribution in [1.82, 2.24) is 9.78 Å². The minimum Gasteiger partial charge on any atom is -0.493 e. The van der Waals surface area contributed by atoms with Gasteiger partial charge in [-0.1, -0.05) is 30.3 Å². The number of hydrogen-bond donors (Lipinski definition) is 1. The summed E-state index contributed by atoms with van der Waals surface area (Å²) < 4.78 is 11.7. The van der Waals surface area contributed by atoms with Crippen molar-refractivity contribution in [2.45, 2.75) is 19.4 Å². The van der Waals surface area contributed by atoms with Gasteiger partial charge < -0.3 is 14.8 Å². The predicted octanol–water partition coefficient (Wildman–Crippen LogP) is 3.30. The fourth-order valence-corrected chi connectivity index (χ4v) is 2.87. The van der Waals surface area contributed by atoms with E-state index in [1.165, 1.54) is 25.0 Å². The van der Waals surface area contributed by atoms with Gasteiger partial charge in [-0.2, -0.15) is 5.10 Å². The minimum atomic E-state index is -1.23. The van der Waals surface area contributed by atoms with Gasteiger partial charge in [0.2, 0.25) is 0 Å². The van der Waals surface area contributed by atoms with E-state index in [9.17, 15) is 9.59 Å². The third-order valence-electron chi connectivity index (χ3n) is 4.60. The monoisotopic (exact) mass is 393 g/mol. The number of methoxy groups -OCH3 is 2. The third kappa shape index (κ3) is 4.13. The first-order chi connectivity index (χ1) is 13.9. The molecular formula is C22H23N3O4. The summed E-state index contributed by atoms with van der Waals surface area (Å²) in [4.78, 5) is 25.5. The van der Waals surface area contributed by atoms with Crippen LogP contribution < -0.4 is 20.3 Å². The van der Waals surface area contributed by atoms with E-state index in [1.54, 1.807) is 38.1 Å². The number of ether oxygens (including phenoxy) is 2. The standard InChI is InChI=1S/C22H23N3O4/c1-22(2,21(27)23-16-10-12-18(28-3)19(14-16)29-4)25-20(26)13-11-17(24-25)15-8-6-5-7-9-15/h5-14H,1-4H3,(H,23,27). The Hall–Kier alpha value is -3.61. The van der Waals surface area contributed by atoms with Crippen molar-refractivity contribution in [3.63, 3.8) is 0 Å². The SMILES string of the molecule is COc1ccc(NC(=O)C(C)(C)n2nc(-c3ccccc3)ccc2=O)cc1OC. The van der Waals surface area contributed by atoms with Crippen molar-refractivity contribution in [1.29, 1.82) is 0 Å². The van der Waals surface area contributed by atoms with Crippen molar-refractivity contribution in [2.24, 2.45) is 0 Å². The van der Waals surface area contributed by atoms with E-state index in [4.69, 9.17) is 9.47 Å². The molecule has 1 aromatic heterocycles. The van der Waals surface area contributed by atoms with Crippen molar-refractivity contribution < 1.29 is 14.3 Å². The number of hydrogen-bond acceptors (Lipinski definition) is 5. The molecule has 1 heterocycles. The van der Waals surface area contributed by atoms with Gasteiger partial charge in [-0.3, -0.25) is 9.59 Å². The van der Waals surface area contributed by atoms with E-state index in [0.717, 1.165) is 5.56 Å². The molecule has 7 heteroatoms. The van der Waals surface area contributed by atoms with Crippen LogP contribution in [0.2, 0.25) is 0 Å². The molecule has 3 aromatic rings. The maximum Gasteiger partial charge on any atom is 0.267 e. The van der Waals surface area contributed by atoms with Crippen LogP contribution in [0.15, 0.2) is 65.5 Å². The quantitative estimate of drug-likeness (QED) is 0.695. The summed E-state index contributed by atoms with van der Waals surface area (Å²) in [6.45, 7) is 3.29. The van der Waals surface area contributed by atoms with E-state index < -0.39 is 5.54 Å². The highest BCUT2D eigenvalue weighted by Gasteiger charge is 2.32.